The van der Waals surface area contributed by atoms with Gasteiger partial charge in [-0.05, 0) is 18.6 Å². The quantitative estimate of drug-likeness (QED) is 0.588. The van der Waals surface area contributed by atoms with E-state index in [-0.39, 0.29) is 0 Å². The number of rotatable bonds is 0. The summed E-state index contributed by atoms with van der Waals surface area (Å²) < 4.78 is 0. The van der Waals surface area contributed by atoms with E-state index in [4.69, 9.17) is 5.26 Å². The molecule has 0 fully saturated rings. The lowest BCUT2D eigenvalue weighted by molar-refractivity contribution is 1.09. The van der Waals surface area contributed by atoms with Crippen molar-refractivity contribution in [2.45, 2.75) is 27.2 Å². The van der Waals surface area contributed by atoms with Crippen molar-refractivity contribution in [1.82, 2.24) is 4.98 Å². The minimum Gasteiger partial charge on any atom is -0.245 e. The molecule has 0 amide bonds. The molecule has 0 unspecified atom stereocenters. The van der Waals surface area contributed by atoms with E-state index in [2.05, 4.69) is 18.8 Å². The lowest BCUT2D eigenvalue weighted by Crippen LogP contribution is -1.80. The SMILES string of the molecule is CCC.Cc1ccc(C#N)nc1. The van der Waals surface area contributed by atoms with Crippen LogP contribution in [0, 0.1) is 18.3 Å². The van der Waals surface area contributed by atoms with Crippen LogP contribution in [0.3, 0.4) is 0 Å². The van der Waals surface area contributed by atoms with E-state index in [9.17, 15) is 0 Å². The summed E-state index contributed by atoms with van der Waals surface area (Å²) in [6.07, 6.45) is 2.93. The van der Waals surface area contributed by atoms with Crippen molar-refractivity contribution in [3.8, 4) is 6.07 Å². The maximum absolute atomic E-state index is 8.32. The van der Waals surface area contributed by atoms with Gasteiger partial charge < -0.3 is 0 Å². The monoisotopic (exact) mass is 162 g/mol. The highest BCUT2D eigenvalue weighted by molar-refractivity contribution is 5.21. The molecule has 0 atom stereocenters. The molecular formula is C10H14N2. The zero-order chi connectivity index (χ0) is 9.40. The van der Waals surface area contributed by atoms with Gasteiger partial charge in [0, 0.05) is 6.20 Å². The molecule has 12 heavy (non-hydrogen) atoms. The fourth-order valence-corrected chi connectivity index (χ4v) is 0.534. The summed E-state index contributed by atoms with van der Waals surface area (Å²) in [7, 11) is 0. The first-order valence-corrected chi connectivity index (χ1v) is 4.07. The Hall–Kier alpha value is -1.36. The number of pyridine rings is 1. The maximum atomic E-state index is 8.32. The third-order valence-corrected chi connectivity index (χ3v) is 1.03. The summed E-state index contributed by atoms with van der Waals surface area (Å²) >= 11 is 0. The molecule has 2 heteroatoms. The van der Waals surface area contributed by atoms with E-state index < -0.39 is 0 Å². The molecule has 0 spiro atoms. The molecule has 1 aromatic rings. The van der Waals surface area contributed by atoms with Crippen LogP contribution in [-0.2, 0) is 0 Å². The molecule has 1 rings (SSSR count). The highest BCUT2D eigenvalue weighted by Crippen LogP contribution is 1.95. The molecule has 0 saturated carbocycles. The lowest BCUT2D eigenvalue weighted by atomic mass is 10.3. The number of nitrogens with zero attached hydrogens (tertiary/aromatic N) is 2. The minimum atomic E-state index is 0.473. The fourth-order valence-electron chi connectivity index (χ4n) is 0.534. The van der Waals surface area contributed by atoms with Crippen molar-refractivity contribution < 1.29 is 0 Å². The summed E-state index contributed by atoms with van der Waals surface area (Å²) in [6.45, 7) is 6.19. The average Bonchev–Trinajstić information content (AvgIpc) is 2.07. The van der Waals surface area contributed by atoms with E-state index in [1.165, 1.54) is 6.42 Å². The molecular weight excluding hydrogens is 148 g/mol. The zero-order valence-electron chi connectivity index (χ0n) is 7.83. The fraction of sp³-hybridized carbons (Fsp3) is 0.400. The largest absolute Gasteiger partial charge is 0.245 e. The lowest BCUT2D eigenvalue weighted by Gasteiger charge is -1.87. The molecule has 0 aromatic carbocycles. The normalized spacial score (nSPS) is 7.83. The van der Waals surface area contributed by atoms with Crippen LogP contribution in [0.2, 0.25) is 0 Å². The predicted molar refractivity (Wildman–Crippen MR) is 49.7 cm³/mol. The Kier molecular flexibility index (Phi) is 5.64. The van der Waals surface area contributed by atoms with Gasteiger partial charge in [0.1, 0.15) is 11.8 Å². The van der Waals surface area contributed by atoms with Crippen LogP contribution in [0.1, 0.15) is 31.5 Å². The molecule has 0 aliphatic rings. The van der Waals surface area contributed by atoms with Crippen molar-refractivity contribution in [2.24, 2.45) is 0 Å². The topological polar surface area (TPSA) is 36.7 Å². The second-order valence-electron chi connectivity index (χ2n) is 2.54. The van der Waals surface area contributed by atoms with E-state index in [1.54, 1.807) is 12.3 Å². The predicted octanol–water partition coefficient (Wildman–Crippen LogP) is 2.68. The summed E-state index contributed by atoms with van der Waals surface area (Å²) in [5, 5.41) is 8.32. The average molecular weight is 162 g/mol. The van der Waals surface area contributed by atoms with Gasteiger partial charge in [0.15, 0.2) is 0 Å². The molecule has 1 aromatic heterocycles. The second-order valence-corrected chi connectivity index (χ2v) is 2.54. The van der Waals surface area contributed by atoms with Gasteiger partial charge in [0.2, 0.25) is 0 Å². The Balaban J connectivity index is 0.000000354. The first-order valence-electron chi connectivity index (χ1n) is 4.07. The zero-order valence-corrected chi connectivity index (χ0v) is 7.83. The molecule has 64 valence electrons. The van der Waals surface area contributed by atoms with Gasteiger partial charge in [0.25, 0.3) is 0 Å². The Bertz CT molecular complexity index is 244. The number of hydrogen-bond donors (Lipinski definition) is 0. The standard InChI is InChI=1S/C7H6N2.C3H8/c1-6-2-3-7(4-8)9-5-6;1-3-2/h2-3,5H,1H3;3H2,1-2H3. The van der Waals surface area contributed by atoms with E-state index in [1.807, 2.05) is 19.1 Å². The third-order valence-electron chi connectivity index (χ3n) is 1.03. The molecule has 2 nitrogen and oxygen atoms in total. The summed E-state index contributed by atoms with van der Waals surface area (Å²) in [5.74, 6) is 0. The second kappa shape index (κ2) is 6.36. The van der Waals surface area contributed by atoms with Crippen molar-refractivity contribution in [3.63, 3.8) is 0 Å². The van der Waals surface area contributed by atoms with E-state index in [0.717, 1.165) is 5.56 Å². The molecule has 0 aliphatic carbocycles. The van der Waals surface area contributed by atoms with Crippen LogP contribution in [0.15, 0.2) is 18.3 Å². The first-order chi connectivity index (χ1) is 5.74. The van der Waals surface area contributed by atoms with Crippen LogP contribution in [-0.4, -0.2) is 4.98 Å². The first kappa shape index (κ1) is 10.6. The molecule has 0 aliphatic heterocycles. The van der Waals surface area contributed by atoms with Crippen molar-refractivity contribution in [3.05, 3.63) is 29.6 Å². The summed E-state index contributed by atoms with van der Waals surface area (Å²) in [4.78, 5) is 3.84. The van der Waals surface area contributed by atoms with Gasteiger partial charge >= 0.3 is 0 Å². The number of nitriles is 1. The van der Waals surface area contributed by atoms with E-state index >= 15 is 0 Å². The van der Waals surface area contributed by atoms with E-state index in [0.29, 0.717) is 5.69 Å². The maximum Gasteiger partial charge on any atom is 0.140 e. The molecule has 0 bridgehead atoms. The number of aryl methyl sites for hydroxylation is 1. The Morgan fingerprint density at radius 3 is 2.33 bits per heavy atom. The summed E-state index contributed by atoms with van der Waals surface area (Å²) in [5.41, 5.74) is 1.55. The van der Waals surface area contributed by atoms with Crippen LogP contribution in [0.5, 0.6) is 0 Å². The van der Waals surface area contributed by atoms with Gasteiger partial charge in [-0.3, -0.25) is 0 Å². The Labute approximate surface area is 73.9 Å². The summed E-state index contributed by atoms with van der Waals surface area (Å²) in [6, 6.07) is 5.51. The Morgan fingerprint density at radius 1 is 1.42 bits per heavy atom. The van der Waals surface area contributed by atoms with Crippen LogP contribution in [0.4, 0.5) is 0 Å². The highest BCUT2D eigenvalue weighted by Gasteiger charge is 1.86. The smallest absolute Gasteiger partial charge is 0.140 e. The highest BCUT2D eigenvalue weighted by atomic mass is 14.7. The van der Waals surface area contributed by atoms with Crippen LogP contribution >= 0.6 is 0 Å². The molecule has 0 N–H and O–H groups in total. The van der Waals surface area contributed by atoms with Gasteiger partial charge in [-0.25, -0.2) is 4.98 Å². The van der Waals surface area contributed by atoms with Crippen LogP contribution < -0.4 is 0 Å². The number of aromatic nitrogens is 1. The van der Waals surface area contributed by atoms with Gasteiger partial charge in [-0.15, -0.1) is 0 Å². The molecule has 0 radical (unpaired) electrons. The van der Waals surface area contributed by atoms with Crippen molar-refractivity contribution in [2.75, 3.05) is 0 Å². The minimum absolute atomic E-state index is 0.473. The van der Waals surface area contributed by atoms with Crippen molar-refractivity contribution in [1.29, 1.82) is 5.26 Å². The number of hydrogen-bond acceptors (Lipinski definition) is 2. The van der Waals surface area contributed by atoms with Gasteiger partial charge in [0.05, 0.1) is 0 Å². The Morgan fingerprint density at radius 2 is 2.00 bits per heavy atom. The van der Waals surface area contributed by atoms with Crippen LogP contribution in [0.25, 0.3) is 0 Å². The van der Waals surface area contributed by atoms with Gasteiger partial charge in [-0.2, -0.15) is 5.26 Å². The molecule has 0 saturated heterocycles. The van der Waals surface area contributed by atoms with Crippen molar-refractivity contribution >= 4 is 0 Å². The third kappa shape index (κ3) is 4.45. The molecule has 1 heterocycles. The van der Waals surface area contributed by atoms with Gasteiger partial charge in [-0.1, -0.05) is 26.3 Å².